The predicted molar refractivity (Wildman–Crippen MR) is 151 cm³/mol. The Bertz CT molecular complexity index is 1450. The van der Waals surface area contributed by atoms with Gasteiger partial charge in [-0.15, -0.1) is 0 Å². The lowest BCUT2D eigenvalue weighted by Gasteiger charge is -2.28. The number of nitrogens with zero attached hydrogens (tertiary/aromatic N) is 5. The number of anilines is 4. The van der Waals surface area contributed by atoms with E-state index >= 15 is 0 Å². The molecule has 2 aliphatic heterocycles. The molecule has 0 atom stereocenters. The Balaban J connectivity index is 1.35. The number of likely N-dealkylation sites (tertiary alicyclic amines) is 1. The lowest BCUT2D eigenvalue weighted by Crippen LogP contribution is -2.39. The van der Waals surface area contributed by atoms with Crippen LogP contribution in [-0.2, 0) is 12.7 Å². The monoisotopic (exact) mass is 586 g/mol. The number of ether oxygens (including phenoxy) is 1. The van der Waals surface area contributed by atoms with E-state index < -0.39 is 17.6 Å². The van der Waals surface area contributed by atoms with Crippen molar-refractivity contribution in [2.24, 2.45) is 0 Å². The maximum absolute atomic E-state index is 13.9. The molecule has 2 aromatic heterocycles. The third kappa shape index (κ3) is 6.27. The van der Waals surface area contributed by atoms with E-state index in [1.807, 2.05) is 6.92 Å². The zero-order valence-electron chi connectivity index (χ0n) is 23.4. The number of fused-ring (bicyclic) bond motifs is 1. The second-order valence-electron chi connectivity index (χ2n) is 10.1. The standard InChI is InChI=1S/C28H33F3N8O3/c1-3-38-14-15-39-12-8-21(23(39)26(38)41)34-24-19(28(29,30)31)17-33-27(36-24)35-20-7-6-18(16-22(20)42-2)25(40)32-9-13-37-10-4-5-11-37/h6-8,12,16-17H,3-5,9-11,13-15H2,1-2H3,(H,32,40)(H2,33,34,35,36). The highest BCUT2D eigenvalue weighted by atomic mass is 19.4. The van der Waals surface area contributed by atoms with Crippen molar-refractivity contribution in [2.45, 2.75) is 32.5 Å². The van der Waals surface area contributed by atoms with Crippen molar-refractivity contribution in [1.82, 2.24) is 29.7 Å². The van der Waals surface area contributed by atoms with Crippen molar-refractivity contribution in [3.8, 4) is 5.75 Å². The van der Waals surface area contributed by atoms with Crippen LogP contribution in [0.4, 0.5) is 36.3 Å². The van der Waals surface area contributed by atoms with E-state index in [1.165, 1.54) is 26.0 Å². The summed E-state index contributed by atoms with van der Waals surface area (Å²) < 4.78 is 48.8. The lowest BCUT2D eigenvalue weighted by molar-refractivity contribution is -0.137. The molecule has 2 amide bonds. The summed E-state index contributed by atoms with van der Waals surface area (Å²) in [5.41, 5.74) is 0.119. The van der Waals surface area contributed by atoms with Crippen LogP contribution in [0.5, 0.6) is 5.75 Å². The Labute approximate surface area is 241 Å². The first kappa shape index (κ1) is 29.2. The van der Waals surface area contributed by atoms with Crippen molar-refractivity contribution in [2.75, 3.05) is 57.0 Å². The first-order valence-electron chi connectivity index (χ1n) is 13.8. The molecule has 42 heavy (non-hydrogen) atoms. The van der Waals surface area contributed by atoms with Gasteiger partial charge in [-0.25, -0.2) is 4.98 Å². The fourth-order valence-corrected chi connectivity index (χ4v) is 5.14. The summed E-state index contributed by atoms with van der Waals surface area (Å²) in [6, 6.07) is 6.25. The second kappa shape index (κ2) is 12.3. The van der Waals surface area contributed by atoms with Gasteiger partial charge in [0, 0.05) is 50.7 Å². The highest BCUT2D eigenvalue weighted by Crippen LogP contribution is 2.37. The van der Waals surface area contributed by atoms with Gasteiger partial charge < -0.3 is 35.1 Å². The number of nitrogens with one attached hydrogen (secondary N) is 3. The highest BCUT2D eigenvalue weighted by molar-refractivity contribution is 5.99. The first-order valence-corrected chi connectivity index (χ1v) is 13.8. The predicted octanol–water partition coefficient (Wildman–Crippen LogP) is 4.09. The summed E-state index contributed by atoms with van der Waals surface area (Å²) in [5.74, 6) is -0.901. The van der Waals surface area contributed by atoms with Crippen LogP contribution in [0.1, 0.15) is 46.2 Å². The Morgan fingerprint density at radius 1 is 1.07 bits per heavy atom. The Morgan fingerprint density at radius 3 is 2.57 bits per heavy atom. The molecule has 1 saturated heterocycles. The van der Waals surface area contributed by atoms with Gasteiger partial charge in [-0.1, -0.05) is 0 Å². The maximum Gasteiger partial charge on any atom is 0.421 e. The third-order valence-corrected chi connectivity index (χ3v) is 7.42. The van der Waals surface area contributed by atoms with Gasteiger partial charge in [0.25, 0.3) is 11.8 Å². The molecule has 5 rings (SSSR count). The van der Waals surface area contributed by atoms with Gasteiger partial charge >= 0.3 is 6.18 Å². The number of likely N-dealkylation sites (N-methyl/N-ethyl adjacent to an activating group) is 1. The molecule has 0 saturated carbocycles. The molecular formula is C28H33F3N8O3. The van der Waals surface area contributed by atoms with E-state index in [1.54, 1.807) is 33.9 Å². The highest BCUT2D eigenvalue weighted by Gasteiger charge is 2.36. The molecule has 11 nitrogen and oxygen atoms in total. The van der Waals surface area contributed by atoms with Crippen molar-refractivity contribution in [3.05, 3.63) is 53.5 Å². The summed E-state index contributed by atoms with van der Waals surface area (Å²) in [5, 5.41) is 8.50. The topological polar surface area (TPSA) is 117 Å². The van der Waals surface area contributed by atoms with Gasteiger partial charge in [0.1, 0.15) is 22.8 Å². The number of carbonyl (C=O) groups is 2. The van der Waals surface area contributed by atoms with Crippen molar-refractivity contribution >= 4 is 35.0 Å². The molecule has 3 aromatic rings. The molecule has 0 spiro atoms. The van der Waals surface area contributed by atoms with Crippen molar-refractivity contribution in [3.63, 3.8) is 0 Å². The number of benzene rings is 1. The average molecular weight is 587 g/mol. The fraction of sp³-hybridized carbons (Fsp3) is 0.429. The van der Waals surface area contributed by atoms with Crippen LogP contribution in [-0.4, -0.2) is 82.5 Å². The van der Waals surface area contributed by atoms with E-state index in [0.717, 1.165) is 19.6 Å². The van der Waals surface area contributed by atoms with Gasteiger partial charge in [0.2, 0.25) is 5.95 Å². The minimum atomic E-state index is -4.75. The number of halogens is 3. The number of amides is 2. The number of hydrogen-bond acceptors (Lipinski definition) is 8. The smallest absolute Gasteiger partial charge is 0.421 e. The Morgan fingerprint density at radius 2 is 1.86 bits per heavy atom. The summed E-state index contributed by atoms with van der Waals surface area (Å²) in [4.78, 5) is 37.5. The van der Waals surface area contributed by atoms with Crippen LogP contribution in [0.3, 0.4) is 0 Å². The van der Waals surface area contributed by atoms with E-state index in [0.29, 0.717) is 43.6 Å². The zero-order valence-corrected chi connectivity index (χ0v) is 23.4. The molecule has 224 valence electrons. The van der Waals surface area contributed by atoms with E-state index in [-0.39, 0.29) is 34.9 Å². The quantitative estimate of drug-likeness (QED) is 0.325. The minimum Gasteiger partial charge on any atom is -0.495 e. The number of rotatable bonds is 10. The third-order valence-electron chi connectivity index (χ3n) is 7.42. The molecule has 0 bridgehead atoms. The van der Waals surface area contributed by atoms with E-state index in [2.05, 4.69) is 30.8 Å². The molecule has 1 fully saturated rings. The van der Waals surface area contributed by atoms with Crippen LogP contribution in [0, 0.1) is 0 Å². The van der Waals surface area contributed by atoms with Gasteiger partial charge in [-0.05, 0) is 57.1 Å². The van der Waals surface area contributed by atoms with Gasteiger partial charge in [-0.2, -0.15) is 18.2 Å². The molecule has 1 aromatic carbocycles. The molecule has 3 N–H and O–H groups in total. The molecular weight excluding hydrogens is 553 g/mol. The number of hydrogen-bond donors (Lipinski definition) is 3. The molecule has 0 unspecified atom stereocenters. The first-order chi connectivity index (χ1) is 20.2. The average Bonchev–Trinajstić information content (AvgIpc) is 3.63. The van der Waals surface area contributed by atoms with Crippen molar-refractivity contribution in [1.29, 1.82) is 0 Å². The SMILES string of the molecule is CCN1CCn2ccc(Nc3nc(Nc4ccc(C(=O)NCCN5CCCC5)cc4OC)ncc3C(F)(F)F)c2C1=O. The van der Waals surface area contributed by atoms with Crippen LogP contribution in [0.2, 0.25) is 0 Å². The van der Waals surface area contributed by atoms with Gasteiger partial charge in [0.15, 0.2) is 0 Å². The van der Waals surface area contributed by atoms with Crippen LogP contribution < -0.4 is 20.7 Å². The molecule has 14 heteroatoms. The summed E-state index contributed by atoms with van der Waals surface area (Å²) in [6.45, 7) is 6.76. The summed E-state index contributed by atoms with van der Waals surface area (Å²) in [6.07, 6.45) is -0.0702. The molecule has 2 aliphatic rings. The van der Waals surface area contributed by atoms with Crippen molar-refractivity contribution < 1.29 is 27.5 Å². The number of carbonyl (C=O) groups excluding carboxylic acids is 2. The number of alkyl halides is 3. The van der Waals surface area contributed by atoms with Gasteiger partial charge in [-0.3, -0.25) is 9.59 Å². The van der Waals surface area contributed by atoms with Crippen LogP contribution >= 0.6 is 0 Å². The van der Waals surface area contributed by atoms with Crippen LogP contribution in [0.25, 0.3) is 0 Å². The second-order valence-corrected chi connectivity index (χ2v) is 10.1. The Kier molecular flexibility index (Phi) is 8.52. The van der Waals surface area contributed by atoms with E-state index in [9.17, 15) is 22.8 Å². The van der Waals surface area contributed by atoms with Gasteiger partial charge in [0.05, 0.1) is 18.5 Å². The Hall–Kier alpha value is -4.33. The fourth-order valence-electron chi connectivity index (χ4n) is 5.14. The largest absolute Gasteiger partial charge is 0.495 e. The maximum atomic E-state index is 13.9. The minimum absolute atomic E-state index is 0.138. The lowest BCUT2D eigenvalue weighted by atomic mass is 10.1. The molecule has 0 aliphatic carbocycles. The normalized spacial score (nSPS) is 15.5. The number of aromatic nitrogens is 3. The van der Waals surface area contributed by atoms with Crippen LogP contribution in [0.15, 0.2) is 36.7 Å². The summed E-state index contributed by atoms with van der Waals surface area (Å²) >= 11 is 0. The summed E-state index contributed by atoms with van der Waals surface area (Å²) in [7, 11) is 1.42. The molecule has 4 heterocycles. The zero-order chi connectivity index (χ0) is 29.9. The molecule has 0 radical (unpaired) electrons. The van der Waals surface area contributed by atoms with E-state index in [4.69, 9.17) is 4.74 Å². The number of methoxy groups -OCH3 is 1.